The summed E-state index contributed by atoms with van der Waals surface area (Å²) in [7, 11) is 0. The van der Waals surface area contributed by atoms with E-state index < -0.39 is 5.79 Å². The van der Waals surface area contributed by atoms with Gasteiger partial charge in [0, 0.05) is 17.1 Å². The Labute approximate surface area is 167 Å². The van der Waals surface area contributed by atoms with E-state index in [0.29, 0.717) is 54.1 Å². The van der Waals surface area contributed by atoms with Gasteiger partial charge in [-0.05, 0) is 43.2 Å². The van der Waals surface area contributed by atoms with Crippen molar-refractivity contribution in [3.8, 4) is 5.75 Å². The van der Waals surface area contributed by atoms with E-state index in [1.54, 1.807) is 23.1 Å². The smallest absolute Gasteiger partial charge is 0.292 e. The third-order valence-corrected chi connectivity index (χ3v) is 5.20. The molecule has 0 aromatic heterocycles. The van der Waals surface area contributed by atoms with E-state index in [9.17, 15) is 4.79 Å². The van der Waals surface area contributed by atoms with Crippen molar-refractivity contribution < 1.29 is 19.0 Å². The molecule has 1 spiro atoms. The predicted octanol–water partition coefficient (Wildman–Crippen LogP) is 4.40. The van der Waals surface area contributed by atoms with Crippen molar-refractivity contribution in [3.63, 3.8) is 0 Å². The molecule has 0 bridgehead atoms. The molecule has 2 aliphatic rings. The Balaban J connectivity index is 1.48. The summed E-state index contributed by atoms with van der Waals surface area (Å²) in [4.78, 5) is 14.8. The Morgan fingerprint density at radius 3 is 2.56 bits per heavy atom. The van der Waals surface area contributed by atoms with Gasteiger partial charge in [-0.1, -0.05) is 35.3 Å². The molecule has 0 saturated carbocycles. The van der Waals surface area contributed by atoms with Crippen LogP contribution in [0.15, 0.2) is 42.5 Å². The summed E-state index contributed by atoms with van der Waals surface area (Å²) in [5, 5.41) is 1.17. The topological polar surface area (TPSA) is 48.0 Å². The molecular weight excluding hydrogens is 389 g/mol. The summed E-state index contributed by atoms with van der Waals surface area (Å²) in [5.74, 6) is -0.854. The van der Waals surface area contributed by atoms with Gasteiger partial charge in [-0.2, -0.15) is 0 Å². The first kappa shape index (κ1) is 18.6. The Bertz CT molecular complexity index is 834. The third-order valence-electron chi connectivity index (χ3n) is 4.65. The highest BCUT2D eigenvalue weighted by atomic mass is 35.5. The second-order valence-corrected chi connectivity index (χ2v) is 7.26. The van der Waals surface area contributed by atoms with Crippen molar-refractivity contribution in [1.82, 2.24) is 0 Å². The monoisotopic (exact) mass is 407 g/mol. The highest BCUT2D eigenvalue weighted by Gasteiger charge is 2.55. The van der Waals surface area contributed by atoms with Crippen molar-refractivity contribution in [1.29, 1.82) is 0 Å². The molecule has 0 radical (unpaired) electrons. The van der Waals surface area contributed by atoms with E-state index in [2.05, 4.69) is 0 Å². The van der Waals surface area contributed by atoms with Gasteiger partial charge in [0.1, 0.15) is 5.75 Å². The molecule has 0 atom stereocenters. The first-order valence-corrected chi connectivity index (χ1v) is 9.65. The lowest BCUT2D eigenvalue weighted by molar-refractivity contribution is -0.256. The van der Waals surface area contributed by atoms with Gasteiger partial charge in [0.25, 0.3) is 11.7 Å². The van der Waals surface area contributed by atoms with Crippen molar-refractivity contribution in [2.24, 2.45) is 0 Å². The fraction of sp³-hybridized carbons (Fsp3) is 0.350. The van der Waals surface area contributed by atoms with Crippen LogP contribution in [0.2, 0.25) is 10.0 Å². The molecule has 0 aliphatic carbocycles. The SMILES string of the molecule is O=C1N(CCCOc2ccc(Cl)cc2)c2c(Cl)cccc2C12OCCCO2. The second-order valence-electron chi connectivity index (χ2n) is 6.42. The average molecular weight is 408 g/mol. The summed E-state index contributed by atoms with van der Waals surface area (Å²) in [6, 6.07) is 12.6. The van der Waals surface area contributed by atoms with E-state index in [1.165, 1.54) is 0 Å². The van der Waals surface area contributed by atoms with Crippen LogP contribution < -0.4 is 9.64 Å². The fourth-order valence-corrected chi connectivity index (χ4v) is 3.82. The summed E-state index contributed by atoms with van der Waals surface area (Å²) in [6.07, 6.45) is 1.40. The Morgan fingerprint density at radius 2 is 1.81 bits per heavy atom. The van der Waals surface area contributed by atoms with Crippen LogP contribution in [0, 0.1) is 0 Å². The maximum absolute atomic E-state index is 13.2. The third kappa shape index (κ3) is 3.41. The van der Waals surface area contributed by atoms with Gasteiger partial charge in [-0.15, -0.1) is 0 Å². The molecule has 2 heterocycles. The molecule has 1 amide bonds. The molecule has 1 fully saturated rings. The fourth-order valence-electron chi connectivity index (χ4n) is 3.42. The van der Waals surface area contributed by atoms with E-state index in [4.69, 9.17) is 37.4 Å². The van der Waals surface area contributed by atoms with Gasteiger partial charge in [0.15, 0.2) is 0 Å². The Kier molecular flexibility index (Phi) is 5.28. The van der Waals surface area contributed by atoms with Gasteiger partial charge < -0.3 is 19.1 Å². The van der Waals surface area contributed by atoms with Crippen molar-refractivity contribution in [3.05, 3.63) is 58.1 Å². The largest absolute Gasteiger partial charge is 0.494 e. The number of carbonyl (C=O) groups excluding carboxylic acids is 1. The molecular formula is C20H19Cl2NO4. The summed E-state index contributed by atoms with van der Waals surface area (Å²) in [5.41, 5.74) is 1.34. The molecule has 2 aromatic carbocycles. The number of rotatable bonds is 5. The van der Waals surface area contributed by atoms with Gasteiger partial charge in [0.05, 0.1) is 30.5 Å². The summed E-state index contributed by atoms with van der Waals surface area (Å²) >= 11 is 12.3. The zero-order chi connectivity index (χ0) is 18.9. The standard InChI is InChI=1S/C20H19Cl2NO4/c21-14-6-8-15(9-7-14)25-11-2-10-23-18-16(4-1-5-17(18)22)20(19(23)24)26-12-3-13-27-20/h1,4-9H,2-3,10-13H2. The minimum atomic E-state index is -1.37. The Hall–Kier alpha value is -1.79. The molecule has 4 rings (SSSR count). The Morgan fingerprint density at radius 1 is 1.07 bits per heavy atom. The molecule has 1 saturated heterocycles. The van der Waals surface area contributed by atoms with E-state index in [1.807, 2.05) is 24.3 Å². The van der Waals surface area contributed by atoms with Gasteiger partial charge in [-0.3, -0.25) is 4.79 Å². The molecule has 5 nitrogen and oxygen atoms in total. The van der Waals surface area contributed by atoms with Crippen LogP contribution in [-0.4, -0.2) is 32.3 Å². The number of fused-ring (bicyclic) bond motifs is 2. The van der Waals surface area contributed by atoms with Crippen molar-refractivity contribution in [2.45, 2.75) is 18.6 Å². The minimum Gasteiger partial charge on any atom is -0.494 e. The van der Waals surface area contributed by atoms with Crippen LogP contribution in [0.4, 0.5) is 5.69 Å². The highest BCUT2D eigenvalue weighted by Crippen LogP contribution is 2.48. The number of benzene rings is 2. The summed E-state index contributed by atoms with van der Waals surface area (Å²) in [6.45, 7) is 1.87. The lowest BCUT2D eigenvalue weighted by atomic mass is 10.1. The molecule has 7 heteroatoms. The van der Waals surface area contributed by atoms with Crippen LogP contribution in [0.3, 0.4) is 0 Å². The first-order valence-electron chi connectivity index (χ1n) is 8.89. The molecule has 2 aromatic rings. The van der Waals surface area contributed by atoms with E-state index in [-0.39, 0.29) is 5.91 Å². The van der Waals surface area contributed by atoms with Crippen LogP contribution >= 0.6 is 23.2 Å². The lowest BCUT2D eigenvalue weighted by Gasteiger charge is -2.32. The number of para-hydroxylation sites is 1. The minimum absolute atomic E-state index is 0.225. The first-order chi connectivity index (χ1) is 13.1. The number of anilines is 1. The normalized spacial score (nSPS) is 18.0. The number of amides is 1. The predicted molar refractivity (Wildman–Crippen MR) is 104 cm³/mol. The zero-order valence-electron chi connectivity index (χ0n) is 14.6. The maximum atomic E-state index is 13.2. The molecule has 2 aliphatic heterocycles. The number of hydrogen-bond donors (Lipinski definition) is 0. The van der Waals surface area contributed by atoms with E-state index in [0.717, 1.165) is 12.2 Å². The van der Waals surface area contributed by atoms with Gasteiger partial charge in [0.2, 0.25) is 0 Å². The average Bonchev–Trinajstić information content (AvgIpc) is 2.91. The summed E-state index contributed by atoms with van der Waals surface area (Å²) < 4.78 is 17.4. The van der Waals surface area contributed by atoms with Crippen LogP contribution in [0.1, 0.15) is 18.4 Å². The number of ether oxygens (including phenoxy) is 3. The second kappa shape index (κ2) is 7.68. The molecule has 0 N–H and O–H groups in total. The van der Waals surface area contributed by atoms with Crippen LogP contribution in [0.25, 0.3) is 0 Å². The molecule has 142 valence electrons. The number of hydrogen-bond acceptors (Lipinski definition) is 4. The van der Waals surface area contributed by atoms with Gasteiger partial charge >= 0.3 is 0 Å². The quantitative estimate of drug-likeness (QED) is 0.689. The zero-order valence-corrected chi connectivity index (χ0v) is 16.1. The molecule has 27 heavy (non-hydrogen) atoms. The number of halogens is 2. The lowest BCUT2D eigenvalue weighted by Crippen LogP contribution is -2.47. The van der Waals surface area contributed by atoms with Crippen LogP contribution in [0.5, 0.6) is 5.75 Å². The van der Waals surface area contributed by atoms with E-state index >= 15 is 0 Å². The van der Waals surface area contributed by atoms with Crippen molar-refractivity contribution in [2.75, 3.05) is 31.3 Å². The molecule has 0 unspecified atom stereocenters. The maximum Gasteiger partial charge on any atom is 0.292 e. The van der Waals surface area contributed by atoms with Gasteiger partial charge in [-0.25, -0.2) is 0 Å². The number of carbonyl (C=O) groups is 1. The van der Waals surface area contributed by atoms with Crippen LogP contribution in [-0.2, 0) is 20.1 Å². The number of nitrogens with zero attached hydrogens (tertiary/aromatic N) is 1. The van der Waals surface area contributed by atoms with Crippen molar-refractivity contribution >= 4 is 34.8 Å². The highest BCUT2D eigenvalue weighted by molar-refractivity contribution is 6.35.